The van der Waals surface area contributed by atoms with E-state index in [4.69, 9.17) is 11.6 Å². The third kappa shape index (κ3) is 5.81. The minimum atomic E-state index is -0.594. The number of halogens is 1. The number of hydrogen-bond acceptors (Lipinski definition) is 3. The molecule has 3 aromatic rings. The highest BCUT2D eigenvalue weighted by atomic mass is 35.5. The van der Waals surface area contributed by atoms with Gasteiger partial charge in [0.2, 0.25) is 11.8 Å². The van der Waals surface area contributed by atoms with Crippen LogP contribution in [-0.4, -0.2) is 41.9 Å². The normalized spacial score (nSPS) is 21.0. The van der Waals surface area contributed by atoms with Crippen molar-refractivity contribution in [3.8, 4) is 0 Å². The Labute approximate surface area is 255 Å². The lowest BCUT2D eigenvalue weighted by atomic mass is 9.77. The first-order chi connectivity index (χ1) is 20.4. The molecule has 1 unspecified atom stereocenters. The van der Waals surface area contributed by atoms with Gasteiger partial charge in [-0.3, -0.25) is 9.59 Å². The fraction of sp³-hybridized carbons (Fsp3) is 0.444. The van der Waals surface area contributed by atoms with Gasteiger partial charge in [-0.2, -0.15) is 0 Å². The fourth-order valence-corrected chi connectivity index (χ4v) is 7.63. The Morgan fingerprint density at radius 3 is 2.26 bits per heavy atom. The molecule has 0 bridgehead atoms. The van der Waals surface area contributed by atoms with E-state index in [1.54, 1.807) is 0 Å². The van der Waals surface area contributed by atoms with Crippen LogP contribution >= 0.6 is 11.6 Å². The summed E-state index contributed by atoms with van der Waals surface area (Å²) >= 11 is 6.21. The predicted octanol–water partition coefficient (Wildman–Crippen LogP) is 6.74. The molecular weight excluding hydrogens is 542 g/mol. The first-order valence-corrected chi connectivity index (χ1v) is 16.0. The third-order valence-electron chi connectivity index (χ3n) is 9.87. The number of nitrogens with zero attached hydrogens (tertiary/aromatic N) is 2. The SMILES string of the molecule is Cc1ccc(CCNC(=O)C2CCN(C(=O)C3(C4CCCC4)Cc4ccccc4N3Cc3ccc(Cl)cc3)CC2)cc1. The molecule has 6 rings (SSSR count). The summed E-state index contributed by atoms with van der Waals surface area (Å²) in [6.45, 7) is 4.67. The highest BCUT2D eigenvalue weighted by Crippen LogP contribution is 2.50. The number of aryl methyl sites for hydroxylation is 1. The molecule has 2 amide bonds. The van der Waals surface area contributed by atoms with Crippen molar-refractivity contribution in [2.45, 2.75) is 70.4 Å². The largest absolute Gasteiger partial charge is 0.356 e. The van der Waals surface area contributed by atoms with Crippen LogP contribution in [0.5, 0.6) is 0 Å². The average Bonchev–Trinajstić information content (AvgIpc) is 3.67. The molecular formula is C36H42ClN3O2. The molecule has 2 fully saturated rings. The Morgan fingerprint density at radius 2 is 1.55 bits per heavy atom. The molecule has 42 heavy (non-hydrogen) atoms. The number of piperidine rings is 1. The Morgan fingerprint density at radius 1 is 0.881 bits per heavy atom. The van der Waals surface area contributed by atoms with E-state index in [1.807, 2.05) is 12.1 Å². The summed E-state index contributed by atoms with van der Waals surface area (Å²) in [6, 6.07) is 25.1. The van der Waals surface area contributed by atoms with E-state index < -0.39 is 5.54 Å². The second-order valence-corrected chi connectivity index (χ2v) is 13.0. The van der Waals surface area contributed by atoms with Crippen LogP contribution in [0.25, 0.3) is 0 Å². The van der Waals surface area contributed by atoms with Crippen molar-refractivity contribution in [3.05, 3.63) is 100 Å². The number of nitrogens with one attached hydrogen (secondary N) is 1. The lowest BCUT2D eigenvalue weighted by molar-refractivity contribution is -0.142. The van der Waals surface area contributed by atoms with Crippen LogP contribution in [0, 0.1) is 18.8 Å². The molecule has 1 aliphatic carbocycles. The standard InChI is InChI=1S/C36H42ClN3O2/c1-26-10-12-27(13-11-26)18-21-38-34(41)29-19-22-39(23-20-29)35(42)36(31-7-3-4-8-31)24-30-6-2-5-9-33(30)40(36)25-28-14-16-32(37)17-15-28/h2,5-6,9-17,29,31H,3-4,7-8,18-25H2,1H3,(H,38,41). The average molecular weight is 584 g/mol. The molecule has 1 atom stereocenters. The minimum absolute atomic E-state index is 0.0413. The number of anilines is 1. The van der Waals surface area contributed by atoms with Crippen molar-refractivity contribution >= 4 is 29.1 Å². The maximum atomic E-state index is 14.8. The van der Waals surface area contributed by atoms with Gasteiger partial charge in [-0.25, -0.2) is 0 Å². The van der Waals surface area contributed by atoms with Gasteiger partial charge < -0.3 is 15.1 Å². The number of fused-ring (bicyclic) bond motifs is 1. The summed E-state index contributed by atoms with van der Waals surface area (Å²) in [5, 5.41) is 3.88. The number of hydrogen-bond donors (Lipinski definition) is 1. The third-order valence-corrected chi connectivity index (χ3v) is 10.1. The van der Waals surface area contributed by atoms with E-state index in [-0.39, 0.29) is 17.7 Å². The van der Waals surface area contributed by atoms with Crippen LogP contribution < -0.4 is 10.2 Å². The Bertz CT molecular complexity index is 1390. The quantitative estimate of drug-likeness (QED) is 0.320. The number of likely N-dealkylation sites (tertiary alicyclic amines) is 1. The predicted molar refractivity (Wildman–Crippen MR) is 170 cm³/mol. The number of rotatable bonds is 8. The van der Waals surface area contributed by atoms with Crippen LogP contribution in [0.15, 0.2) is 72.8 Å². The van der Waals surface area contributed by atoms with Gasteiger partial charge in [0, 0.05) is 49.2 Å². The zero-order valence-electron chi connectivity index (χ0n) is 24.7. The Kier molecular flexibility index (Phi) is 8.57. The molecule has 220 valence electrons. The van der Waals surface area contributed by atoms with Gasteiger partial charge in [0.15, 0.2) is 0 Å². The van der Waals surface area contributed by atoms with Gasteiger partial charge in [-0.05, 0) is 79.8 Å². The lowest BCUT2D eigenvalue weighted by Crippen LogP contribution is -2.63. The summed E-state index contributed by atoms with van der Waals surface area (Å²) in [4.78, 5) is 32.4. The van der Waals surface area contributed by atoms with E-state index in [9.17, 15) is 9.59 Å². The number of amides is 2. The molecule has 3 aliphatic rings. The van der Waals surface area contributed by atoms with Gasteiger partial charge in [0.05, 0.1) is 0 Å². The molecule has 2 aliphatic heterocycles. The Balaban J connectivity index is 1.17. The van der Waals surface area contributed by atoms with E-state index in [0.29, 0.717) is 44.9 Å². The molecule has 6 heteroatoms. The summed E-state index contributed by atoms with van der Waals surface area (Å²) < 4.78 is 0. The lowest BCUT2D eigenvalue weighted by Gasteiger charge is -2.47. The zero-order chi connectivity index (χ0) is 29.1. The molecule has 1 saturated heterocycles. The topological polar surface area (TPSA) is 52.7 Å². The summed E-state index contributed by atoms with van der Waals surface area (Å²) in [7, 11) is 0. The van der Waals surface area contributed by atoms with Gasteiger partial charge >= 0.3 is 0 Å². The second-order valence-electron chi connectivity index (χ2n) is 12.5. The molecule has 0 aromatic heterocycles. The van der Waals surface area contributed by atoms with Crippen molar-refractivity contribution < 1.29 is 9.59 Å². The second kappa shape index (κ2) is 12.5. The number of carbonyl (C=O) groups excluding carboxylic acids is 2. The summed E-state index contributed by atoms with van der Waals surface area (Å²) in [5.41, 5.74) is 5.48. The molecule has 1 N–H and O–H groups in total. The van der Waals surface area contributed by atoms with Crippen LogP contribution in [0.4, 0.5) is 5.69 Å². The van der Waals surface area contributed by atoms with Crippen molar-refractivity contribution in [1.82, 2.24) is 10.2 Å². The van der Waals surface area contributed by atoms with E-state index in [2.05, 4.69) is 82.7 Å². The minimum Gasteiger partial charge on any atom is -0.356 e. The molecule has 0 radical (unpaired) electrons. The number of benzene rings is 3. The molecule has 1 saturated carbocycles. The van der Waals surface area contributed by atoms with Crippen LogP contribution in [0.1, 0.15) is 60.8 Å². The maximum Gasteiger partial charge on any atom is 0.249 e. The van der Waals surface area contributed by atoms with Crippen LogP contribution in [0.3, 0.4) is 0 Å². The first kappa shape index (κ1) is 28.8. The Hall–Kier alpha value is -3.31. The fourth-order valence-electron chi connectivity index (χ4n) is 7.50. The molecule has 0 spiro atoms. The number of carbonyl (C=O) groups is 2. The highest BCUT2D eigenvalue weighted by Gasteiger charge is 2.56. The molecule has 5 nitrogen and oxygen atoms in total. The van der Waals surface area contributed by atoms with Crippen molar-refractivity contribution in [1.29, 1.82) is 0 Å². The molecule has 3 aromatic carbocycles. The van der Waals surface area contributed by atoms with E-state index in [0.717, 1.165) is 36.3 Å². The van der Waals surface area contributed by atoms with Crippen molar-refractivity contribution in [3.63, 3.8) is 0 Å². The van der Waals surface area contributed by atoms with Crippen LogP contribution in [-0.2, 0) is 29.0 Å². The van der Waals surface area contributed by atoms with Gasteiger partial charge in [0.25, 0.3) is 0 Å². The summed E-state index contributed by atoms with van der Waals surface area (Å²) in [6.07, 6.45) is 7.52. The smallest absolute Gasteiger partial charge is 0.249 e. The zero-order valence-corrected chi connectivity index (χ0v) is 25.4. The van der Waals surface area contributed by atoms with Gasteiger partial charge in [0.1, 0.15) is 5.54 Å². The van der Waals surface area contributed by atoms with E-state index in [1.165, 1.54) is 35.2 Å². The van der Waals surface area contributed by atoms with E-state index >= 15 is 0 Å². The number of para-hydroxylation sites is 1. The van der Waals surface area contributed by atoms with Gasteiger partial charge in [-0.1, -0.05) is 84.6 Å². The summed E-state index contributed by atoms with van der Waals surface area (Å²) in [5.74, 6) is 0.642. The monoisotopic (exact) mass is 583 g/mol. The maximum absolute atomic E-state index is 14.8. The van der Waals surface area contributed by atoms with Gasteiger partial charge in [-0.15, -0.1) is 0 Å². The highest BCUT2D eigenvalue weighted by molar-refractivity contribution is 6.30. The van der Waals surface area contributed by atoms with Crippen molar-refractivity contribution in [2.75, 3.05) is 24.5 Å². The van der Waals surface area contributed by atoms with Crippen molar-refractivity contribution in [2.24, 2.45) is 11.8 Å². The first-order valence-electron chi connectivity index (χ1n) is 15.7. The molecule has 2 heterocycles. The van der Waals surface area contributed by atoms with Crippen LogP contribution in [0.2, 0.25) is 5.02 Å².